The highest BCUT2D eigenvalue weighted by Gasteiger charge is 2.62. The molecule has 1 N–H and O–H groups in total. The lowest BCUT2D eigenvalue weighted by Crippen LogP contribution is -2.55. The Morgan fingerprint density at radius 3 is 2.52 bits per heavy atom. The normalized spacial score (nSPS) is 40.8. The Hall–Kier alpha value is -1.39. The third-order valence-corrected chi connectivity index (χ3v) is 10.1. The van der Waals surface area contributed by atoms with Crippen molar-refractivity contribution in [2.45, 2.75) is 98.8 Å². The standard InChI is InChI=1S/C26H42N2O3/c1-16(2)7-6-8-17(3)19-9-10-20-18-15-22(28(30)31)24-26(5,14-12-23(29)27-24)21(18)11-13-25(19,20)4/h16-21H,6-15H2,1-5H3,(H,27,29)/t17-,18+,19-,20+,21+,25-,26-/m1/s1. The molecule has 5 nitrogen and oxygen atoms in total. The molecule has 1 amide bonds. The number of carbonyl (C=O) groups is 1. The van der Waals surface area contributed by atoms with Gasteiger partial charge in [-0.1, -0.05) is 53.9 Å². The average molecular weight is 431 g/mol. The van der Waals surface area contributed by atoms with Gasteiger partial charge >= 0.3 is 0 Å². The number of amides is 1. The van der Waals surface area contributed by atoms with Crippen molar-refractivity contribution in [3.8, 4) is 0 Å². The minimum absolute atomic E-state index is 0.0536. The van der Waals surface area contributed by atoms with E-state index in [1.54, 1.807) is 0 Å². The summed E-state index contributed by atoms with van der Waals surface area (Å²) in [6.45, 7) is 11.8. The fourth-order valence-corrected chi connectivity index (χ4v) is 8.49. The number of rotatable bonds is 6. The molecule has 0 unspecified atom stereocenters. The minimum atomic E-state index is -0.248. The molecule has 0 bridgehead atoms. The van der Waals surface area contributed by atoms with Gasteiger partial charge in [-0.15, -0.1) is 0 Å². The van der Waals surface area contributed by atoms with Crippen LogP contribution in [0, 0.1) is 56.5 Å². The molecule has 31 heavy (non-hydrogen) atoms. The first-order valence-electron chi connectivity index (χ1n) is 12.8. The van der Waals surface area contributed by atoms with Gasteiger partial charge < -0.3 is 5.32 Å². The highest BCUT2D eigenvalue weighted by Crippen LogP contribution is 2.67. The molecule has 0 aromatic rings. The molecule has 1 heterocycles. The number of nitro groups is 1. The number of hydrogen-bond donors (Lipinski definition) is 1. The Labute approximate surface area is 188 Å². The lowest BCUT2D eigenvalue weighted by molar-refractivity contribution is -0.434. The molecule has 5 heteroatoms. The van der Waals surface area contributed by atoms with Crippen LogP contribution in [0.1, 0.15) is 98.8 Å². The summed E-state index contributed by atoms with van der Waals surface area (Å²) in [5.41, 5.74) is 1.01. The van der Waals surface area contributed by atoms with E-state index in [1.165, 1.54) is 38.5 Å². The van der Waals surface area contributed by atoms with Crippen LogP contribution in [0.2, 0.25) is 0 Å². The van der Waals surface area contributed by atoms with Crippen LogP contribution in [0.3, 0.4) is 0 Å². The Kier molecular flexibility index (Phi) is 6.02. The summed E-state index contributed by atoms with van der Waals surface area (Å²) in [5, 5.41) is 15.0. The van der Waals surface area contributed by atoms with E-state index in [1.807, 2.05) is 0 Å². The van der Waals surface area contributed by atoms with E-state index < -0.39 is 0 Å². The number of nitrogens with zero attached hydrogens (tertiary/aromatic N) is 1. The van der Waals surface area contributed by atoms with Gasteiger partial charge in [0.1, 0.15) is 0 Å². The number of nitrogens with one attached hydrogen (secondary N) is 1. The molecule has 4 rings (SSSR count). The molecule has 1 saturated heterocycles. The van der Waals surface area contributed by atoms with E-state index in [-0.39, 0.29) is 16.2 Å². The van der Waals surface area contributed by atoms with Gasteiger partial charge in [0.05, 0.1) is 10.6 Å². The first-order chi connectivity index (χ1) is 14.6. The van der Waals surface area contributed by atoms with Crippen molar-refractivity contribution in [1.29, 1.82) is 0 Å². The Balaban J connectivity index is 1.59. The van der Waals surface area contributed by atoms with Crippen LogP contribution in [0.25, 0.3) is 0 Å². The van der Waals surface area contributed by atoms with E-state index in [2.05, 4.69) is 39.9 Å². The molecule has 2 saturated carbocycles. The summed E-state index contributed by atoms with van der Waals surface area (Å²) in [4.78, 5) is 24.0. The van der Waals surface area contributed by atoms with Crippen molar-refractivity contribution in [3.05, 3.63) is 21.5 Å². The van der Waals surface area contributed by atoms with Gasteiger partial charge in [0, 0.05) is 18.3 Å². The van der Waals surface area contributed by atoms with Crippen LogP contribution in [-0.2, 0) is 4.79 Å². The fraction of sp³-hybridized carbons (Fsp3) is 0.885. The second kappa shape index (κ2) is 8.19. The number of hydrogen-bond acceptors (Lipinski definition) is 3. The molecular weight excluding hydrogens is 388 g/mol. The van der Waals surface area contributed by atoms with Crippen molar-refractivity contribution in [3.63, 3.8) is 0 Å². The molecular formula is C26H42N2O3. The highest BCUT2D eigenvalue weighted by atomic mass is 16.6. The van der Waals surface area contributed by atoms with Gasteiger partial charge in [0.15, 0.2) is 0 Å². The number of fused-ring (bicyclic) bond motifs is 5. The number of allylic oxidation sites excluding steroid dienone is 2. The van der Waals surface area contributed by atoms with Crippen LogP contribution in [0.15, 0.2) is 11.4 Å². The molecule has 174 valence electrons. The predicted octanol–water partition coefficient (Wildman–Crippen LogP) is 6.32. The predicted molar refractivity (Wildman–Crippen MR) is 123 cm³/mol. The number of carbonyl (C=O) groups excluding carboxylic acids is 1. The summed E-state index contributed by atoms with van der Waals surface area (Å²) in [6, 6.07) is 0. The molecule has 0 aromatic carbocycles. The Bertz CT molecular complexity index is 775. The van der Waals surface area contributed by atoms with Crippen LogP contribution in [-0.4, -0.2) is 10.8 Å². The summed E-state index contributed by atoms with van der Waals surface area (Å²) in [7, 11) is 0. The average Bonchev–Trinajstić information content (AvgIpc) is 3.05. The van der Waals surface area contributed by atoms with Crippen LogP contribution in [0.4, 0.5) is 0 Å². The lowest BCUT2D eigenvalue weighted by Gasteiger charge is -2.57. The molecule has 1 aliphatic heterocycles. The summed E-state index contributed by atoms with van der Waals surface area (Å²) in [5.74, 6) is 3.62. The van der Waals surface area contributed by atoms with Gasteiger partial charge in [-0.25, -0.2) is 0 Å². The van der Waals surface area contributed by atoms with Crippen molar-refractivity contribution in [1.82, 2.24) is 5.32 Å². The monoisotopic (exact) mass is 430 g/mol. The van der Waals surface area contributed by atoms with Gasteiger partial charge in [0.25, 0.3) is 5.70 Å². The second-order valence-electron chi connectivity index (χ2n) is 12.2. The maximum absolute atomic E-state index is 12.1. The van der Waals surface area contributed by atoms with Crippen LogP contribution >= 0.6 is 0 Å². The maximum Gasteiger partial charge on any atom is 0.266 e. The molecule has 0 spiro atoms. The van der Waals surface area contributed by atoms with Crippen LogP contribution < -0.4 is 5.32 Å². The van der Waals surface area contributed by atoms with Crippen LogP contribution in [0.5, 0.6) is 0 Å². The van der Waals surface area contributed by atoms with Gasteiger partial charge in [-0.2, -0.15) is 0 Å². The molecule has 4 aliphatic rings. The number of piperidine rings is 1. The Morgan fingerprint density at radius 2 is 1.84 bits per heavy atom. The summed E-state index contributed by atoms with van der Waals surface area (Å²) in [6.07, 6.45) is 10.6. The van der Waals surface area contributed by atoms with Crippen molar-refractivity contribution >= 4 is 5.91 Å². The zero-order chi connectivity index (χ0) is 22.6. The summed E-state index contributed by atoms with van der Waals surface area (Å²) >= 11 is 0. The molecule has 7 atom stereocenters. The highest BCUT2D eigenvalue weighted by molar-refractivity contribution is 5.79. The fourth-order valence-electron chi connectivity index (χ4n) is 8.49. The minimum Gasteiger partial charge on any atom is -0.324 e. The van der Waals surface area contributed by atoms with Crippen molar-refractivity contribution in [2.24, 2.45) is 46.3 Å². The van der Waals surface area contributed by atoms with Gasteiger partial charge in [-0.05, 0) is 73.0 Å². The zero-order valence-electron chi connectivity index (χ0n) is 20.2. The molecule has 0 aromatic heterocycles. The molecule has 3 fully saturated rings. The SMILES string of the molecule is CC(C)CCC[C@@H](C)[C@H]1CC[C@H]2[C@@H]3CC([N+](=O)[O-])=C4NC(=O)CC[C@]4(C)[C@H]3CC[C@]12C. The first kappa shape index (κ1) is 22.8. The van der Waals surface area contributed by atoms with E-state index in [0.29, 0.717) is 47.4 Å². The second-order valence-corrected chi connectivity index (χ2v) is 12.2. The van der Waals surface area contributed by atoms with Gasteiger partial charge in [0.2, 0.25) is 5.91 Å². The summed E-state index contributed by atoms with van der Waals surface area (Å²) < 4.78 is 0. The third kappa shape index (κ3) is 3.74. The van der Waals surface area contributed by atoms with E-state index >= 15 is 0 Å². The first-order valence-corrected chi connectivity index (χ1v) is 12.8. The quantitative estimate of drug-likeness (QED) is 0.396. The topological polar surface area (TPSA) is 72.2 Å². The Morgan fingerprint density at radius 1 is 1.10 bits per heavy atom. The van der Waals surface area contributed by atoms with E-state index in [9.17, 15) is 14.9 Å². The third-order valence-electron chi connectivity index (χ3n) is 10.1. The smallest absolute Gasteiger partial charge is 0.266 e. The molecule has 3 aliphatic carbocycles. The maximum atomic E-state index is 12.1. The van der Waals surface area contributed by atoms with Crippen molar-refractivity contribution in [2.75, 3.05) is 0 Å². The van der Waals surface area contributed by atoms with Gasteiger partial charge in [-0.3, -0.25) is 14.9 Å². The zero-order valence-corrected chi connectivity index (χ0v) is 20.2. The van der Waals surface area contributed by atoms with E-state index in [0.717, 1.165) is 30.6 Å². The largest absolute Gasteiger partial charge is 0.324 e. The molecule has 0 radical (unpaired) electrons. The van der Waals surface area contributed by atoms with Crippen molar-refractivity contribution < 1.29 is 9.72 Å². The lowest BCUT2D eigenvalue weighted by atomic mass is 9.48. The van der Waals surface area contributed by atoms with E-state index in [4.69, 9.17) is 0 Å².